The summed E-state index contributed by atoms with van der Waals surface area (Å²) in [5.74, 6) is 1.75. The monoisotopic (exact) mass is 250 g/mol. The zero-order valence-corrected chi connectivity index (χ0v) is 10.2. The number of carbonyl (C=O) groups is 2. The van der Waals surface area contributed by atoms with Crippen LogP contribution in [-0.2, 0) is 4.79 Å². The van der Waals surface area contributed by atoms with E-state index in [2.05, 4.69) is 16.6 Å². The normalized spacial score (nSPS) is 32.8. The van der Waals surface area contributed by atoms with Crippen LogP contribution in [0.15, 0.2) is 0 Å². The summed E-state index contributed by atoms with van der Waals surface area (Å²) in [4.78, 5) is 22.9. The number of carbonyl (C=O) groups excluding carboxylic acids is 1. The van der Waals surface area contributed by atoms with Gasteiger partial charge in [-0.05, 0) is 31.1 Å². The third-order valence-electron chi connectivity index (χ3n) is 4.05. The van der Waals surface area contributed by atoms with Gasteiger partial charge in [-0.25, -0.2) is 4.79 Å². The highest BCUT2D eigenvalue weighted by Crippen LogP contribution is 2.48. The van der Waals surface area contributed by atoms with Crippen molar-refractivity contribution in [2.75, 3.05) is 6.54 Å². The number of hydrogen-bond donors (Lipinski definition) is 3. The van der Waals surface area contributed by atoms with Crippen molar-refractivity contribution in [3.05, 3.63) is 0 Å². The molecule has 2 aliphatic rings. The molecule has 0 heterocycles. The quantitative estimate of drug-likeness (QED) is 0.510. The Balaban J connectivity index is 1.90. The lowest BCUT2D eigenvalue weighted by atomic mass is 9.84. The van der Waals surface area contributed by atoms with Gasteiger partial charge in [0.15, 0.2) is 0 Å². The molecule has 0 radical (unpaired) electrons. The van der Waals surface area contributed by atoms with Gasteiger partial charge >= 0.3 is 12.0 Å². The van der Waals surface area contributed by atoms with Gasteiger partial charge in [-0.3, -0.25) is 4.79 Å². The molecule has 2 saturated carbocycles. The number of nitrogens with one attached hydrogen (secondary N) is 2. The molecule has 18 heavy (non-hydrogen) atoms. The minimum atomic E-state index is -0.795. The first kappa shape index (κ1) is 12.7. The van der Waals surface area contributed by atoms with Crippen LogP contribution in [0.1, 0.15) is 25.7 Å². The van der Waals surface area contributed by atoms with Crippen molar-refractivity contribution in [2.24, 2.45) is 17.8 Å². The van der Waals surface area contributed by atoms with Gasteiger partial charge in [-0.2, -0.15) is 0 Å². The third-order valence-corrected chi connectivity index (χ3v) is 4.05. The standard InChI is InChI=1S/C13H18N2O3/c1-2-3-6-14-13(18)15-11-9-5-4-8(7-9)10(11)12(16)17/h1,8-11H,3-7H2,(H,16,17)(H2,14,15,18). The lowest BCUT2D eigenvalue weighted by molar-refractivity contribution is -0.144. The van der Waals surface area contributed by atoms with E-state index < -0.39 is 11.9 Å². The Bertz CT molecular complexity index is 388. The minimum Gasteiger partial charge on any atom is -0.481 e. The minimum absolute atomic E-state index is 0.225. The van der Waals surface area contributed by atoms with Crippen molar-refractivity contribution in [1.82, 2.24) is 10.6 Å². The highest BCUT2D eigenvalue weighted by atomic mass is 16.4. The van der Waals surface area contributed by atoms with E-state index in [0.717, 1.165) is 19.3 Å². The van der Waals surface area contributed by atoms with E-state index in [1.807, 2.05) is 0 Å². The molecule has 4 atom stereocenters. The predicted molar refractivity (Wildman–Crippen MR) is 65.7 cm³/mol. The van der Waals surface area contributed by atoms with Crippen LogP contribution in [0.5, 0.6) is 0 Å². The van der Waals surface area contributed by atoms with E-state index in [-0.39, 0.29) is 18.0 Å². The average molecular weight is 250 g/mol. The Morgan fingerprint density at radius 3 is 2.72 bits per heavy atom. The fraction of sp³-hybridized carbons (Fsp3) is 0.692. The van der Waals surface area contributed by atoms with Crippen molar-refractivity contribution >= 4 is 12.0 Å². The second-order valence-electron chi connectivity index (χ2n) is 5.08. The topological polar surface area (TPSA) is 78.4 Å². The molecule has 2 amide bonds. The molecule has 5 heteroatoms. The Kier molecular flexibility index (Phi) is 3.75. The van der Waals surface area contributed by atoms with Crippen LogP contribution in [-0.4, -0.2) is 29.7 Å². The van der Waals surface area contributed by atoms with Crippen molar-refractivity contribution < 1.29 is 14.7 Å². The SMILES string of the molecule is C#CCCNC(=O)NC1C2CCC(C2)C1C(=O)O. The third kappa shape index (κ3) is 2.42. The Labute approximate surface area is 106 Å². The first-order valence-corrected chi connectivity index (χ1v) is 6.34. The maximum absolute atomic E-state index is 11.6. The van der Waals surface area contributed by atoms with Gasteiger partial charge in [0.05, 0.1) is 5.92 Å². The second-order valence-corrected chi connectivity index (χ2v) is 5.08. The average Bonchev–Trinajstić information content (AvgIpc) is 2.89. The smallest absolute Gasteiger partial charge is 0.315 e. The van der Waals surface area contributed by atoms with Gasteiger partial charge in [0.1, 0.15) is 0 Å². The summed E-state index contributed by atoms with van der Waals surface area (Å²) in [6.07, 6.45) is 8.48. The van der Waals surface area contributed by atoms with Crippen molar-refractivity contribution in [3.8, 4) is 12.3 Å². The summed E-state index contributed by atoms with van der Waals surface area (Å²) in [5.41, 5.74) is 0. The van der Waals surface area contributed by atoms with Gasteiger partial charge in [0, 0.05) is 19.0 Å². The van der Waals surface area contributed by atoms with Crippen LogP contribution >= 0.6 is 0 Å². The molecule has 5 nitrogen and oxygen atoms in total. The van der Waals surface area contributed by atoms with Gasteiger partial charge in [0.25, 0.3) is 0 Å². The molecule has 98 valence electrons. The Morgan fingerprint density at radius 2 is 2.06 bits per heavy atom. The number of carboxylic acid groups (broad SMARTS) is 1. The number of carboxylic acids is 1. The molecule has 4 unspecified atom stereocenters. The molecule has 3 N–H and O–H groups in total. The second kappa shape index (κ2) is 5.30. The van der Waals surface area contributed by atoms with Crippen LogP contribution in [0.3, 0.4) is 0 Å². The molecule has 0 saturated heterocycles. The fourth-order valence-corrected chi connectivity index (χ4v) is 3.30. The van der Waals surface area contributed by atoms with E-state index in [4.69, 9.17) is 6.42 Å². The van der Waals surface area contributed by atoms with Crippen LogP contribution in [0.25, 0.3) is 0 Å². The van der Waals surface area contributed by atoms with Crippen LogP contribution in [0.2, 0.25) is 0 Å². The molecular weight excluding hydrogens is 232 g/mol. The molecule has 2 fully saturated rings. The molecule has 0 aromatic heterocycles. The number of hydrogen-bond acceptors (Lipinski definition) is 2. The van der Waals surface area contributed by atoms with Crippen molar-refractivity contribution in [1.29, 1.82) is 0 Å². The number of urea groups is 1. The molecule has 0 aromatic carbocycles. The van der Waals surface area contributed by atoms with Crippen LogP contribution in [0.4, 0.5) is 4.79 Å². The maximum atomic E-state index is 11.6. The summed E-state index contributed by atoms with van der Waals surface area (Å²) < 4.78 is 0. The number of rotatable bonds is 4. The van der Waals surface area contributed by atoms with E-state index in [9.17, 15) is 14.7 Å². The summed E-state index contributed by atoms with van der Waals surface area (Å²) in [7, 11) is 0. The summed E-state index contributed by atoms with van der Waals surface area (Å²) in [6, 6.07) is -0.541. The highest BCUT2D eigenvalue weighted by Gasteiger charge is 2.51. The molecule has 2 bridgehead atoms. The number of amides is 2. The first-order valence-electron chi connectivity index (χ1n) is 6.34. The predicted octanol–water partition coefficient (Wildman–Crippen LogP) is 0.808. The van der Waals surface area contributed by atoms with Crippen LogP contribution in [0, 0.1) is 30.1 Å². The first-order chi connectivity index (χ1) is 8.63. The van der Waals surface area contributed by atoms with Gasteiger partial charge in [-0.15, -0.1) is 12.3 Å². The van der Waals surface area contributed by atoms with E-state index in [1.165, 1.54) is 0 Å². The van der Waals surface area contributed by atoms with Gasteiger partial charge < -0.3 is 15.7 Å². The van der Waals surface area contributed by atoms with Gasteiger partial charge in [0.2, 0.25) is 0 Å². The highest BCUT2D eigenvalue weighted by molar-refractivity contribution is 5.77. The Morgan fingerprint density at radius 1 is 1.33 bits per heavy atom. The fourth-order valence-electron chi connectivity index (χ4n) is 3.30. The number of aliphatic carboxylic acids is 1. The molecule has 0 aliphatic heterocycles. The van der Waals surface area contributed by atoms with Gasteiger partial charge in [-0.1, -0.05) is 0 Å². The zero-order valence-electron chi connectivity index (χ0n) is 10.2. The molecule has 2 rings (SSSR count). The molecule has 2 aliphatic carbocycles. The number of terminal acetylenes is 1. The summed E-state index contributed by atoms with van der Waals surface area (Å²) >= 11 is 0. The molecule has 0 aromatic rings. The lowest BCUT2D eigenvalue weighted by Gasteiger charge is -2.28. The van der Waals surface area contributed by atoms with Crippen molar-refractivity contribution in [2.45, 2.75) is 31.7 Å². The molecule has 0 spiro atoms. The summed E-state index contributed by atoms with van der Waals surface area (Å²) in [6.45, 7) is 0.418. The van der Waals surface area contributed by atoms with E-state index in [0.29, 0.717) is 18.9 Å². The van der Waals surface area contributed by atoms with Crippen molar-refractivity contribution in [3.63, 3.8) is 0 Å². The van der Waals surface area contributed by atoms with Crippen LogP contribution < -0.4 is 10.6 Å². The largest absolute Gasteiger partial charge is 0.481 e. The van der Waals surface area contributed by atoms with E-state index >= 15 is 0 Å². The number of fused-ring (bicyclic) bond motifs is 2. The maximum Gasteiger partial charge on any atom is 0.315 e. The summed E-state index contributed by atoms with van der Waals surface area (Å²) in [5, 5.41) is 14.7. The zero-order chi connectivity index (χ0) is 13.1. The lowest BCUT2D eigenvalue weighted by Crippen LogP contribution is -2.50. The Hall–Kier alpha value is -1.70. The molecular formula is C13H18N2O3. The van der Waals surface area contributed by atoms with E-state index in [1.54, 1.807) is 0 Å².